The summed E-state index contributed by atoms with van der Waals surface area (Å²) < 4.78 is 0. The first-order chi connectivity index (χ1) is 8.15. The molecule has 0 atom stereocenters. The predicted molar refractivity (Wildman–Crippen MR) is 63.0 cm³/mol. The van der Waals surface area contributed by atoms with Gasteiger partial charge in [-0.05, 0) is 25.0 Å². The Balaban J connectivity index is 2.37. The molecule has 0 unspecified atom stereocenters. The highest BCUT2D eigenvalue weighted by Gasteiger charge is 2.54. The predicted octanol–water partition coefficient (Wildman–Crippen LogP) is 2.30. The Morgan fingerprint density at radius 3 is 2.18 bits per heavy atom. The summed E-state index contributed by atoms with van der Waals surface area (Å²) in [4.78, 5) is 29.3. The van der Waals surface area contributed by atoms with Gasteiger partial charge in [-0.25, -0.2) is 4.79 Å². The standard InChI is InChI=1S/C13H15NO3/c1-3-13(4-2)11(15)14(17-12(13)16)10-8-6-5-7-9-10/h5-9H,3-4H2,1-2H3. The van der Waals surface area contributed by atoms with Gasteiger partial charge in [0.2, 0.25) is 0 Å². The Morgan fingerprint density at radius 2 is 1.71 bits per heavy atom. The highest BCUT2D eigenvalue weighted by Crippen LogP contribution is 2.38. The SMILES string of the molecule is CCC1(CC)C(=O)ON(c2ccccc2)C1=O. The fourth-order valence-electron chi connectivity index (χ4n) is 2.07. The quantitative estimate of drug-likeness (QED) is 0.752. The van der Waals surface area contributed by atoms with Gasteiger partial charge < -0.3 is 4.84 Å². The molecule has 1 aliphatic heterocycles. The molecule has 1 aromatic rings. The molecule has 0 spiro atoms. The van der Waals surface area contributed by atoms with E-state index in [4.69, 9.17) is 4.84 Å². The Kier molecular flexibility index (Phi) is 2.88. The number of carbonyl (C=O) groups is 2. The van der Waals surface area contributed by atoms with Crippen LogP contribution in [0.5, 0.6) is 0 Å². The van der Waals surface area contributed by atoms with Crippen LogP contribution in [0.1, 0.15) is 26.7 Å². The van der Waals surface area contributed by atoms with Gasteiger partial charge in [0.1, 0.15) is 0 Å². The molecule has 1 aromatic carbocycles. The lowest BCUT2D eigenvalue weighted by molar-refractivity contribution is -0.147. The molecule has 1 aliphatic rings. The van der Waals surface area contributed by atoms with Crippen molar-refractivity contribution in [2.24, 2.45) is 5.41 Å². The van der Waals surface area contributed by atoms with Gasteiger partial charge in [-0.2, -0.15) is 0 Å². The first-order valence-corrected chi connectivity index (χ1v) is 5.77. The fourth-order valence-corrected chi connectivity index (χ4v) is 2.07. The molecular formula is C13H15NO3. The van der Waals surface area contributed by atoms with Crippen LogP contribution in [-0.4, -0.2) is 11.9 Å². The third-order valence-corrected chi connectivity index (χ3v) is 3.36. The number of hydrogen-bond donors (Lipinski definition) is 0. The molecule has 4 nitrogen and oxygen atoms in total. The van der Waals surface area contributed by atoms with E-state index in [9.17, 15) is 9.59 Å². The highest BCUT2D eigenvalue weighted by molar-refractivity contribution is 6.14. The first kappa shape index (κ1) is 11.6. The average molecular weight is 233 g/mol. The van der Waals surface area contributed by atoms with Crippen molar-refractivity contribution in [2.75, 3.05) is 5.06 Å². The van der Waals surface area contributed by atoms with E-state index in [0.717, 1.165) is 5.06 Å². The van der Waals surface area contributed by atoms with E-state index in [1.807, 2.05) is 19.9 Å². The van der Waals surface area contributed by atoms with Crippen molar-refractivity contribution in [3.63, 3.8) is 0 Å². The summed E-state index contributed by atoms with van der Waals surface area (Å²) in [5.41, 5.74) is -0.412. The van der Waals surface area contributed by atoms with Crippen molar-refractivity contribution in [3.05, 3.63) is 30.3 Å². The molecule has 1 heterocycles. The van der Waals surface area contributed by atoms with E-state index in [1.165, 1.54) is 0 Å². The molecule has 17 heavy (non-hydrogen) atoms. The Hall–Kier alpha value is -1.84. The molecule has 90 valence electrons. The van der Waals surface area contributed by atoms with Gasteiger partial charge >= 0.3 is 5.97 Å². The van der Waals surface area contributed by atoms with E-state index in [2.05, 4.69) is 0 Å². The van der Waals surface area contributed by atoms with Gasteiger partial charge in [-0.15, -0.1) is 5.06 Å². The number of amides is 1. The van der Waals surface area contributed by atoms with E-state index < -0.39 is 11.4 Å². The molecule has 1 fully saturated rings. The van der Waals surface area contributed by atoms with Crippen LogP contribution >= 0.6 is 0 Å². The van der Waals surface area contributed by atoms with Crippen LogP contribution in [-0.2, 0) is 14.4 Å². The molecule has 0 aliphatic carbocycles. The summed E-state index contributed by atoms with van der Waals surface area (Å²) in [7, 11) is 0. The number of para-hydroxylation sites is 1. The maximum Gasteiger partial charge on any atom is 0.348 e. The van der Waals surface area contributed by atoms with Crippen LogP contribution in [0.3, 0.4) is 0 Å². The topological polar surface area (TPSA) is 46.6 Å². The summed E-state index contributed by atoms with van der Waals surface area (Å²) in [5.74, 6) is -0.713. The monoisotopic (exact) mass is 233 g/mol. The minimum atomic E-state index is -1.00. The van der Waals surface area contributed by atoms with Crippen molar-refractivity contribution in [2.45, 2.75) is 26.7 Å². The summed E-state index contributed by atoms with van der Waals surface area (Å²) in [5, 5.41) is 1.11. The number of benzene rings is 1. The zero-order valence-electron chi connectivity index (χ0n) is 9.97. The van der Waals surface area contributed by atoms with Crippen molar-refractivity contribution < 1.29 is 14.4 Å². The second kappa shape index (κ2) is 4.20. The van der Waals surface area contributed by atoms with E-state index in [1.54, 1.807) is 24.3 Å². The number of nitrogens with zero attached hydrogens (tertiary/aromatic N) is 1. The van der Waals surface area contributed by atoms with Crippen LogP contribution in [0.2, 0.25) is 0 Å². The van der Waals surface area contributed by atoms with E-state index in [0.29, 0.717) is 18.5 Å². The summed E-state index contributed by atoms with van der Waals surface area (Å²) in [6.45, 7) is 3.66. The summed E-state index contributed by atoms with van der Waals surface area (Å²) in [6.07, 6.45) is 0.926. The maximum atomic E-state index is 12.3. The lowest BCUT2D eigenvalue weighted by Gasteiger charge is -2.18. The second-order valence-electron chi connectivity index (χ2n) is 4.10. The van der Waals surface area contributed by atoms with Crippen LogP contribution in [0.15, 0.2) is 30.3 Å². The third kappa shape index (κ3) is 1.60. The van der Waals surface area contributed by atoms with Crippen LogP contribution in [0, 0.1) is 5.41 Å². The first-order valence-electron chi connectivity index (χ1n) is 5.77. The van der Waals surface area contributed by atoms with Gasteiger partial charge in [0.25, 0.3) is 5.91 Å². The number of rotatable bonds is 3. The van der Waals surface area contributed by atoms with Gasteiger partial charge in [-0.3, -0.25) is 4.79 Å². The van der Waals surface area contributed by atoms with Crippen molar-refractivity contribution in [1.29, 1.82) is 0 Å². The van der Waals surface area contributed by atoms with Gasteiger partial charge in [0.05, 0.1) is 5.69 Å². The minimum absolute atomic E-state index is 0.265. The largest absolute Gasteiger partial charge is 0.348 e. The number of anilines is 1. The zero-order valence-corrected chi connectivity index (χ0v) is 9.97. The molecule has 0 radical (unpaired) electrons. The lowest BCUT2D eigenvalue weighted by Crippen LogP contribution is -2.35. The normalized spacial score (nSPS) is 18.4. The Bertz CT molecular complexity index is 437. The van der Waals surface area contributed by atoms with Crippen molar-refractivity contribution >= 4 is 17.6 Å². The number of hydrogen-bond acceptors (Lipinski definition) is 3. The molecule has 0 N–H and O–H groups in total. The summed E-state index contributed by atoms with van der Waals surface area (Å²) in [6, 6.07) is 8.93. The van der Waals surface area contributed by atoms with Crippen molar-refractivity contribution in [1.82, 2.24) is 0 Å². The van der Waals surface area contributed by atoms with Gasteiger partial charge in [-0.1, -0.05) is 32.0 Å². The van der Waals surface area contributed by atoms with Gasteiger partial charge in [0.15, 0.2) is 5.41 Å². The molecule has 0 saturated carbocycles. The average Bonchev–Trinajstić information content (AvgIpc) is 2.63. The third-order valence-electron chi connectivity index (χ3n) is 3.36. The summed E-state index contributed by atoms with van der Waals surface area (Å²) >= 11 is 0. The molecule has 4 heteroatoms. The van der Waals surface area contributed by atoms with E-state index >= 15 is 0 Å². The number of hydroxylamine groups is 1. The number of carbonyl (C=O) groups excluding carboxylic acids is 2. The van der Waals surface area contributed by atoms with Crippen LogP contribution in [0.4, 0.5) is 5.69 Å². The lowest BCUT2D eigenvalue weighted by atomic mass is 9.82. The highest BCUT2D eigenvalue weighted by atomic mass is 16.7. The smallest absolute Gasteiger partial charge is 0.332 e. The molecule has 1 saturated heterocycles. The molecular weight excluding hydrogens is 218 g/mol. The van der Waals surface area contributed by atoms with Crippen LogP contribution < -0.4 is 5.06 Å². The zero-order chi connectivity index (χ0) is 12.5. The van der Waals surface area contributed by atoms with Crippen molar-refractivity contribution in [3.8, 4) is 0 Å². The van der Waals surface area contributed by atoms with Crippen LogP contribution in [0.25, 0.3) is 0 Å². The molecule has 0 bridgehead atoms. The molecule has 2 rings (SSSR count). The molecule has 1 amide bonds. The fraction of sp³-hybridized carbons (Fsp3) is 0.385. The molecule has 0 aromatic heterocycles. The van der Waals surface area contributed by atoms with Gasteiger partial charge in [0, 0.05) is 0 Å². The van der Waals surface area contributed by atoms with E-state index in [-0.39, 0.29) is 5.91 Å². The Labute approximate surface area is 100 Å². The maximum absolute atomic E-state index is 12.3. The second-order valence-corrected chi connectivity index (χ2v) is 4.10. The Morgan fingerprint density at radius 1 is 1.12 bits per heavy atom. The minimum Gasteiger partial charge on any atom is -0.332 e.